The van der Waals surface area contributed by atoms with Gasteiger partial charge in [0.05, 0.1) is 10.6 Å². The van der Waals surface area contributed by atoms with Crippen LogP contribution in [-0.4, -0.2) is 29.6 Å². The second kappa shape index (κ2) is 7.63. The van der Waals surface area contributed by atoms with Gasteiger partial charge < -0.3 is 0 Å². The molecule has 0 amide bonds. The lowest BCUT2D eigenvalue weighted by Crippen LogP contribution is -2.26. The van der Waals surface area contributed by atoms with Crippen LogP contribution in [0.3, 0.4) is 0 Å². The number of hydrogen-bond acceptors (Lipinski definition) is 5. The molecule has 4 aromatic rings. The van der Waals surface area contributed by atoms with Gasteiger partial charge in [0.15, 0.2) is 5.82 Å². The fraction of sp³-hybridized carbons (Fsp3) is 0.158. The summed E-state index contributed by atoms with van der Waals surface area (Å²) in [5.74, 6) is 0.665. The van der Waals surface area contributed by atoms with Gasteiger partial charge in [-0.15, -0.1) is 16.4 Å². The lowest BCUT2D eigenvalue weighted by molar-refractivity contribution is 0.581. The summed E-state index contributed by atoms with van der Waals surface area (Å²) in [5.41, 5.74) is 3.02. The maximum absolute atomic E-state index is 12.4. The summed E-state index contributed by atoms with van der Waals surface area (Å²) in [6, 6.07) is 14.1. The van der Waals surface area contributed by atoms with E-state index in [1.807, 2.05) is 36.6 Å². The number of aromatic nitrogens is 3. The van der Waals surface area contributed by atoms with Crippen molar-refractivity contribution in [3.05, 3.63) is 70.2 Å². The molecule has 4 rings (SSSR count). The molecule has 0 fully saturated rings. The summed E-state index contributed by atoms with van der Waals surface area (Å²) in [6.45, 7) is 2.29. The van der Waals surface area contributed by atoms with Gasteiger partial charge >= 0.3 is 0 Å². The van der Waals surface area contributed by atoms with E-state index >= 15 is 0 Å². The van der Waals surface area contributed by atoms with Crippen LogP contribution < -0.4 is 4.72 Å². The lowest BCUT2D eigenvalue weighted by Gasteiger charge is -2.06. The van der Waals surface area contributed by atoms with Gasteiger partial charge in [-0.3, -0.25) is 0 Å². The Morgan fingerprint density at radius 2 is 1.96 bits per heavy atom. The molecule has 2 aromatic carbocycles. The Hall–Kier alpha value is -2.26. The van der Waals surface area contributed by atoms with Gasteiger partial charge in [-0.2, -0.15) is 4.98 Å². The van der Waals surface area contributed by atoms with E-state index in [2.05, 4.69) is 14.8 Å². The molecule has 0 spiro atoms. The van der Waals surface area contributed by atoms with Crippen molar-refractivity contribution in [2.75, 3.05) is 6.54 Å². The highest BCUT2D eigenvalue weighted by Gasteiger charge is 2.15. The molecule has 0 bridgehead atoms. The molecule has 0 saturated carbocycles. The number of halogens is 1. The number of rotatable bonds is 6. The highest BCUT2D eigenvalue weighted by molar-refractivity contribution is 7.89. The van der Waals surface area contributed by atoms with Gasteiger partial charge in [0.25, 0.3) is 0 Å². The number of nitrogens with zero attached hydrogens (tertiary/aromatic N) is 3. The van der Waals surface area contributed by atoms with E-state index in [4.69, 9.17) is 11.6 Å². The van der Waals surface area contributed by atoms with Gasteiger partial charge in [-0.25, -0.2) is 17.7 Å². The average Bonchev–Trinajstić information content (AvgIpc) is 3.24. The highest BCUT2D eigenvalue weighted by Crippen LogP contribution is 2.22. The second-order valence-electron chi connectivity index (χ2n) is 6.33. The fourth-order valence-electron chi connectivity index (χ4n) is 2.81. The predicted molar refractivity (Wildman–Crippen MR) is 111 cm³/mol. The van der Waals surface area contributed by atoms with Gasteiger partial charge in [-0.1, -0.05) is 35.4 Å². The SMILES string of the molecule is Cc1cccc(-c2nc3scc(CCNS(=O)(=O)c4ccc(Cl)cc4)n3n2)c1. The predicted octanol–water partition coefficient (Wildman–Crippen LogP) is 3.94. The average molecular weight is 433 g/mol. The van der Waals surface area contributed by atoms with Gasteiger partial charge in [0.1, 0.15) is 0 Å². The lowest BCUT2D eigenvalue weighted by atomic mass is 10.1. The van der Waals surface area contributed by atoms with Crippen LogP contribution in [0, 0.1) is 6.92 Å². The summed E-state index contributed by atoms with van der Waals surface area (Å²) in [5, 5.41) is 7.04. The summed E-state index contributed by atoms with van der Waals surface area (Å²) >= 11 is 7.30. The number of hydrogen-bond donors (Lipinski definition) is 1. The van der Waals surface area contributed by atoms with E-state index in [0.29, 0.717) is 17.3 Å². The van der Waals surface area contributed by atoms with Crippen molar-refractivity contribution in [1.29, 1.82) is 0 Å². The first kappa shape index (κ1) is 19.1. The van der Waals surface area contributed by atoms with E-state index in [1.165, 1.54) is 23.5 Å². The van der Waals surface area contributed by atoms with Crippen molar-refractivity contribution in [2.24, 2.45) is 0 Å². The van der Waals surface area contributed by atoms with Crippen molar-refractivity contribution >= 4 is 37.9 Å². The molecule has 9 heteroatoms. The smallest absolute Gasteiger partial charge is 0.211 e. The van der Waals surface area contributed by atoms with Gasteiger partial charge in [0, 0.05) is 28.9 Å². The normalized spacial score (nSPS) is 11.9. The summed E-state index contributed by atoms with van der Waals surface area (Å²) in [7, 11) is -3.58. The number of sulfonamides is 1. The zero-order valence-electron chi connectivity index (χ0n) is 15.0. The highest BCUT2D eigenvalue weighted by atomic mass is 35.5. The van der Waals surface area contributed by atoms with Gasteiger partial charge in [0.2, 0.25) is 15.0 Å². The number of aryl methyl sites for hydroxylation is 1. The molecule has 0 aliphatic rings. The van der Waals surface area contributed by atoms with E-state index in [0.717, 1.165) is 21.8 Å². The molecule has 0 aliphatic heterocycles. The Balaban J connectivity index is 1.49. The third-order valence-corrected chi connectivity index (χ3v) is 6.82. The quantitative estimate of drug-likeness (QED) is 0.500. The molecule has 0 aliphatic carbocycles. The van der Waals surface area contributed by atoms with E-state index < -0.39 is 10.0 Å². The van der Waals surface area contributed by atoms with Crippen LogP contribution in [0.1, 0.15) is 11.3 Å². The molecule has 2 heterocycles. The minimum Gasteiger partial charge on any atom is -0.211 e. The number of fused-ring (bicyclic) bond motifs is 1. The Kier molecular flexibility index (Phi) is 5.20. The Labute approximate surface area is 171 Å². The van der Waals surface area contributed by atoms with Crippen LogP contribution in [0.2, 0.25) is 5.02 Å². The zero-order valence-corrected chi connectivity index (χ0v) is 17.4. The molecular formula is C19H17ClN4O2S2. The van der Waals surface area contributed by atoms with E-state index in [-0.39, 0.29) is 11.4 Å². The van der Waals surface area contributed by atoms with Crippen molar-refractivity contribution in [3.63, 3.8) is 0 Å². The van der Waals surface area contributed by atoms with Crippen molar-refractivity contribution in [1.82, 2.24) is 19.3 Å². The second-order valence-corrected chi connectivity index (χ2v) is 9.37. The third kappa shape index (κ3) is 3.95. The van der Waals surface area contributed by atoms with Crippen molar-refractivity contribution in [2.45, 2.75) is 18.2 Å². The Morgan fingerprint density at radius 1 is 1.18 bits per heavy atom. The number of nitrogens with one attached hydrogen (secondary N) is 1. The summed E-state index contributed by atoms with van der Waals surface area (Å²) in [6.07, 6.45) is 0.503. The van der Waals surface area contributed by atoms with E-state index in [1.54, 1.807) is 16.6 Å². The van der Waals surface area contributed by atoms with Crippen molar-refractivity contribution in [3.8, 4) is 11.4 Å². The largest absolute Gasteiger partial charge is 0.240 e. The van der Waals surface area contributed by atoms with Crippen LogP contribution in [-0.2, 0) is 16.4 Å². The molecule has 2 aromatic heterocycles. The first-order valence-corrected chi connectivity index (χ1v) is 11.3. The Bertz CT molecular complexity index is 1230. The topological polar surface area (TPSA) is 76.4 Å². The molecular weight excluding hydrogens is 416 g/mol. The van der Waals surface area contributed by atoms with Crippen LogP contribution in [0.4, 0.5) is 0 Å². The standard InChI is InChI=1S/C19H17ClN4O2S2/c1-13-3-2-4-14(11-13)18-22-19-24(23-18)16(12-27-19)9-10-21-28(25,26)17-7-5-15(20)6-8-17/h2-8,11-12,21H,9-10H2,1H3. The number of thiazole rings is 1. The molecule has 0 saturated heterocycles. The molecule has 6 nitrogen and oxygen atoms in total. The summed E-state index contributed by atoms with van der Waals surface area (Å²) < 4.78 is 29.1. The van der Waals surface area contributed by atoms with Crippen LogP contribution in [0.5, 0.6) is 0 Å². The first-order chi connectivity index (χ1) is 13.4. The molecule has 144 valence electrons. The van der Waals surface area contributed by atoms with E-state index in [9.17, 15) is 8.42 Å². The van der Waals surface area contributed by atoms with Crippen molar-refractivity contribution < 1.29 is 8.42 Å². The summed E-state index contributed by atoms with van der Waals surface area (Å²) in [4.78, 5) is 5.55. The molecule has 0 radical (unpaired) electrons. The Morgan fingerprint density at radius 3 is 2.71 bits per heavy atom. The molecule has 0 atom stereocenters. The molecule has 1 N–H and O–H groups in total. The minimum atomic E-state index is -3.58. The zero-order chi connectivity index (χ0) is 19.7. The third-order valence-electron chi connectivity index (χ3n) is 4.22. The monoisotopic (exact) mass is 432 g/mol. The number of benzene rings is 2. The molecule has 0 unspecified atom stereocenters. The van der Waals surface area contributed by atoms with Crippen LogP contribution in [0.15, 0.2) is 58.8 Å². The maximum Gasteiger partial charge on any atom is 0.240 e. The fourth-order valence-corrected chi connectivity index (χ4v) is 4.83. The maximum atomic E-state index is 12.4. The molecule has 28 heavy (non-hydrogen) atoms. The van der Waals surface area contributed by atoms with Gasteiger partial charge in [-0.05, 0) is 37.3 Å². The minimum absolute atomic E-state index is 0.190. The first-order valence-electron chi connectivity index (χ1n) is 8.58. The van der Waals surface area contributed by atoms with Crippen LogP contribution in [0.25, 0.3) is 16.3 Å². The van der Waals surface area contributed by atoms with Crippen LogP contribution >= 0.6 is 22.9 Å².